The van der Waals surface area contributed by atoms with Crippen LogP contribution in [0.3, 0.4) is 0 Å². The highest BCUT2D eigenvalue weighted by Crippen LogP contribution is 2.13. The summed E-state index contributed by atoms with van der Waals surface area (Å²) in [6, 6.07) is 11.7. The van der Waals surface area contributed by atoms with Crippen molar-refractivity contribution in [1.29, 1.82) is 0 Å². The van der Waals surface area contributed by atoms with Crippen LogP contribution in [0.1, 0.15) is 29.0 Å². The van der Waals surface area contributed by atoms with Crippen molar-refractivity contribution in [1.82, 2.24) is 20.4 Å². The van der Waals surface area contributed by atoms with E-state index in [0.29, 0.717) is 18.2 Å². The number of nitrogens with one attached hydrogen (secondary N) is 2. The van der Waals surface area contributed by atoms with Gasteiger partial charge in [-0.1, -0.05) is 18.2 Å². The summed E-state index contributed by atoms with van der Waals surface area (Å²) in [7, 11) is 0. The lowest BCUT2D eigenvalue weighted by molar-refractivity contribution is 0.0946. The van der Waals surface area contributed by atoms with Crippen LogP contribution in [-0.2, 0) is 0 Å². The Bertz CT molecular complexity index is 635. The Morgan fingerprint density at radius 3 is 2.87 bits per heavy atom. The molecule has 1 aliphatic heterocycles. The molecule has 1 fully saturated rings. The van der Waals surface area contributed by atoms with Gasteiger partial charge in [0.2, 0.25) is 0 Å². The summed E-state index contributed by atoms with van der Waals surface area (Å²) in [6.07, 6.45) is 2.23. The zero-order valence-corrected chi connectivity index (χ0v) is 14.1. The third kappa shape index (κ3) is 4.33. The molecule has 2 aromatic rings. The molecule has 1 atom stereocenters. The van der Waals surface area contributed by atoms with Gasteiger partial charge < -0.3 is 10.6 Å². The number of rotatable bonds is 5. The van der Waals surface area contributed by atoms with Gasteiger partial charge in [0.05, 0.1) is 5.69 Å². The van der Waals surface area contributed by atoms with Crippen molar-refractivity contribution in [2.45, 2.75) is 19.8 Å². The van der Waals surface area contributed by atoms with Gasteiger partial charge in [-0.3, -0.25) is 4.79 Å². The number of benzene rings is 1. The van der Waals surface area contributed by atoms with Crippen molar-refractivity contribution in [3.63, 3.8) is 0 Å². The fourth-order valence-electron chi connectivity index (χ4n) is 2.86. The first-order valence-electron chi connectivity index (χ1n) is 7.85. The molecule has 5 nitrogen and oxygen atoms in total. The molecule has 1 aromatic heterocycles. The molecular weight excluding hydrogens is 312 g/mol. The second kappa shape index (κ2) is 8.13. The van der Waals surface area contributed by atoms with Crippen LogP contribution < -0.4 is 10.6 Å². The number of hydrogen-bond acceptors (Lipinski definition) is 3. The normalized spacial score (nSPS) is 16.8. The van der Waals surface area contributed by atoms with Gasteiger partial charge in [-0.05, 0) is 57.0 Å². The molecule has 0 saturated carbocycles. The van der Waals surface area contributed by atoms with Crippen molar-refractivity contribution < 1.29 is 4.79 Å². The monoisotopic (exact) mass is 334 g/mol. The Kier molecular flexibility index (Phi) is 6.19. The van der Waals surface area contributed by atoms with Crippen molar-refractivity contribution in [3.05, 3.63) is 47.8 Å². The molecule has 0 bridgehead atoms. The van der Waals surface area contributed by atoms with Crippen LogP contribution in [0.15, 0.2) is 36.4 Å². The topological polar surface area (TPSA) is 59.0 Å². The van der Waals surface area contributed by atoms with E-state index >= 15 is 0 Å². The molecule has 3 rings (SSSR count). The summed E-state index contributed by atoms with van der Waals surface area (Å²) in [6.45, 7) is 4.83. The molecule has 0 spiro atoms. The van der Waals surface area contributed by atoms with Gasteiger partial charge in [-0.25, -0.2) is 4.68 Å². The minimum absolute atomic E-state index is 0. The fraction of sp³-hybridized carbons (Fsp3) is 0.412. The van der Waals surface area contributed by atoms with E-state index in [1.165, 1.54) is 6.42 Å². The summed E-state index contributed by atoms with van der Waals surface area (Å²) in [5.41, 5.74) is 2.40. The largest absolute Gasteiger partial charge is 0.351 e. The van der Waals surface area contributed by atoms with Crippen LogP contribution >= 0.6 is 12.4 Å². The molecule has 2 N–H and O–H groups in total. The molecule has 124 valence electrons. The summed E-state index contributed by atoms with van der Waals surface area (Å²) in [4.78, 5) is 12.2. The number of nitrogens with zero attached hydrogens (tertiary/aromatic N) is 2. The van der Waals surface area contributed by atoms with E-state index in [4.69, 9.17) is 0 Å². The van der Waals surface area contributed by atoms with Crippen LogP contribution in [0.25, 0.3) is 5.69 Å². The van der Waals surface area contributed by atoms with Crippen LogP contribution in [0.5, 0.6) is 0 Å². The van der Waals surface area contributed by atoms with Crippen LogP contribution in [0, 0.1) is 12.8 Å². The van der Waals surface area contributed by atoms with Crippen molar-refractivity contribution in [2.75, 3.05) is 19.6 Å². The van der Waals surface area contributed by atoms with E-state index in [9.17, 15) is 4.79 Å². The molecule has 0 radical (unpaired) electrons. The average Bonchev–Trinajstić information content (AvgIpc) is 3.17. The molecule has 2 heterocycles. The van der Waals surface area contributed by atoms with Gasteiger partial charge in [0.15, 0.2) is 5.69 Å². The number of hydrogen-bond donors (Lipinski definition) is 2. The Morgan fingerprint density at radius 2 is 2.17 bits per heavy atom. The maximum Gasteiger partial charge on any atom is 0.271 e. The first-order chi connectivity index (χ1) is 10.7. The van der Waals surface area contributed by atoms with Crippen LogP contribution in [-0.4, -0.2) is 35.3 Å². The SMILES string of the molecule is Cc1cc(C(=O)NCCC2CCNC2)nn1-c1ccccc1.Cl. The lowest BCUT2D eigenvalue weighted by Crippen LogP contribution is -2.26. The Hall–Kier alpha value is -1.85. The van der Waals surface area contributed by atoms with E-state index in [-0.39, 0.29) is 18.3 Å². The molecule has 0 aliphatic carbocycles. The van der Waals surface area contributed by atoms with Gasteiger partial charge in [-0.2, -0.15) is 5.10 Å². The zero-order valence-electron chi connectivity index (χ0n) is 13.3. The fourth-order valence-corrected chi connectivity index (χ4v) is 2.86. The Morgan fingerprint density at radius 1 is 1.39 bits per heavy atom. The van der Waals surface area contributed by atoms with Gasteiger partial charge in [0.25, 0.3) is 5.91 Å². The quantitative estimate of drug-likeness (QED) is 0.882. The van der Waals surface area contributed by atoms with Gasteiger partial charge in [0, 0.05) is 12.2 Å². The van der Waals surface area contributed by atoms with Crippen LogP contribution in [0.4, 0.5) is 0 Å². The standard InChI is InChI=1S/C17H22N4O.ClH/c1-13-11-16(20-21(13)15-5-3-2-4-6-15)17(22)19-10-8-14-7-9-18-12-14;/h2-6,11,14,18H,7-10,12H2,1H3,(H,19,22);1H. The first kappa shape index (κ1) is 17.5. The number of aromatic nitrogens is 2. The van der Waals surface area contributed by atoms with Crippen molar-refractivity contribution in [2.24, 2.45) is 5.92 Å². The minimum Gasteiger partial charge on any atom is -0.351 e. The van der Waals surface area contributed by atoms with E-state index in [1.807, 2.05) is 43.3 Å². The third-order valence-corrected chi connectivity index (χ3v) is 4.12. The highest BCUT2D eigenvalue weighted by Gasteiger charge is 2.16. The number of halogens is 1. The van der Waals surface area contributed by atoms with Crippen molar-refractivity contribution >= 4 is 18.3 Å². The second-order valence-electron chi connectivity index (χ2n) is 5.82. The maximum atomic E-state index is 12.2. The lowest BCUT2D eigenvalue weighted by atomic mass is 10.1. The molecule has 1 saturated heterocycles. The molecule has 1 unspecified atom stereocenters. The smallest absolute Gasteiger partial charge is 0.271 e. The zero-order chi connectivity index (χ0) is 15.4. The summed E-state index contributed by atoms with van der Waals surface area (Å²) in [5.74, 6) is 0.590. The number of aryl methyl sites for hydroxylation is 1. The molecule has 6 heteroatoms. The summed E-state index contributed by atoms with van der Waals surface area (Å²) >= 11 is 0. The molecular formula is C17H23ClN4O. The van der Waals surface area contributed by atoms with Crippen molar-refractivity contribution in [3.8, 4) is 5.69 Å². The maximum absolute atomic E-state index is 12.2. The first-order valence-corrected chi connectivity index (χ1v) is 7.85. The highest BCUT2D eigenvalue weighted by atomic mass is 35.5. The van der Waals surface area contributed by atoms with E-state index in [1.54, 1.807) is 4.68 Å². The second-order valence-corrected chi connectivity index (χ2v) is 5.82. The van der Waals surface area contributed by atoms with E-state index in [0.717, 1.165) is 30.9 Å². The lowest BCUT2D eigenvalue weighted by Gasteiger charge is -2.08. The number of para-hydroxylation sites is 1. The van der Waals surface area contributed by atoms with E-state index < -0.39 is 0 Å². The van der Waals surface area contributed by atoms with Gasteiger partial charge in [-0.15, -0.1) is 12.4 Å². The molecule has 23 heavy (non-hydrogen) atoms. The molecule has 1 aliphatic rings. The highest BCUT2D eigenvalue weighted by molar-refractivity contribution is 5.92. The number of carbonyl (C=O) groups excluding carboxylic acids is 1. The Balaban J connectivity index is 0.00000192. The number of amides is 1. The van der Waals surface area contributed by atoms with Gasteiger partial charge in [0.1, 0.15) is 0 Å². The molecule has 1 amide bonds. The average molecular weight is 335 g/mol. The summed E-state index contributed by atoms with van der Waals surface area (Å²) in [5, 5.41) is 10.7. The Labute approximate surface area is 142 Å². The van der Waals surface area contributed by atoms with E-state index in [2.05, 4.69) is 15.7 Å². The predicted molar refractivity (Wildman–Crippen MR) is 93.5 cm³/mol. The minimum atomic E-state index is -0.0938. The summed E-state index contributed by atoms with van der Waals surface area (Å²) < 4.78 is 1.80. The number of carbonyl (C=O) groups is 1. The molecule has 1 aromatic carbocycles. The predicted octanol–water partition coefficient (Wildman–Crippen LogP) is 2.33. The van der Waals surface area contributed by atoms with Crippen LogP contribution in [0.2, 0.25) is 0 Å². The third-order valence-electron chi connectivity index (χ3n) is 4.12. The van der Waals surface area contributed by atoms with Gasteiger partial charge >= 0.3 is 0 Å².